The molecule has 1 N–H and O–H groups in total. The topological polar surface area (TPSA) is 42.4 Å². The number of aromatic nitrogens is 1. The molecule has 0 radical (unpaired) electrons. The molecule has 0 aliphatic heterocycles. The van der Waals surface area contributed by atoms with Gasteiger partial charge in [0.25, 0.3) is 0 Å². The zero-order valence-electron chi connectivity index (χ0n) is 7.92. The van der Waals surface area contributed by atoms with E-state index in [2.05, 4.69) is 4.98 Å². The Hall–Kier alpha value is -1.03. The molecule has 1 aromatic rings. The molecule has 0 saturated carbocycles. The molecule has 0 unspecified atom stereocenters. The Morgan fingerprint density at radius 3 is 2.79 bits per heavy atom. The van der Waals surface area contributed by atoms with Crippen LogP contribution in [0, 0.1) is 0 Å². The maximum Gasteiger partial charge on any atom is 0.232 e. The summed E-state index contributed by atoms with van der Waals surface area (Å²) < 4.78 is 18.1. The van der Waals surface area contributed by atoms with Gasteiger partial charge >= 0.3 is 0 Å². The average molecular weight is 220 g/mol. The smallest absolute Gasteiger partial charge is 0.232 e. The number of hydrogen-bond donors (Lipinski definition) is 1. The number of hydrogen-bond acceptors (Lipinski definition) is 3. The van der Waals surface area contributed by atoms with Crippen LogP contribution < -0.4 is 4.74 Å². The Labute approximate surface area is 86.5 Å². The zero-order chi connectivity index (χ0) is 10.8. The third-order valence-corrected chi connectivity index (χ3v) is 1.62. The van der Waals surface area contributed by atoms with E-state index in [-0.39, 0.29) is 23.3 Å². The van der Waals surface area contributed by atoms with Gasteiger partial charge in [-0.05, 0) is 13.8 Å². The van der Waals surface area contributed by atoms with Crippen LogP contribution in [0.4, 0.5) is 4.39 Å². The van der Waals surface area contributed by atoms with Gasteiger partial charge in [0.2, 0.25) is 5.88 Å². The lowest BCUT2D eigenvalue weighted by Gasteiger charge is -2.14. The maximum atomic E-state index is 13.0. The lowest BCUT2D eigenvalue weighted by molar-refractivity contribution is 0.117. The van der Waals surface area contributed by atoms with Gasteiger partial charge in [0.05, 0.1) is 6.20 Å². The van der Waals surface area contributed by atoms with Crippen LogP contribution in [-0.2, 0) is 0 Å². The number of aromatic hydroxyl groups is 1. The molecule has 1 rings (SSSR count). The fourth-order valence-corrected chi connectivity index (χ4v) is 0.977. The fraction of sp³-hybridized carbons (Fsp3) is 0.444. The molecule has 3 nitrogen and oxygen atoms in total. The first-order valence-corrected chi connectivity index (χ1v) is 4.42. The minimum atomic E-state index is -1.44. The first-order valence-electron chi connectivity index (χ1n) is 4.05. The van der Waals surface area contributed by atoms with Crippen LogP contribution in [-0.4, -0.2) is 22.4 Å². The van der Waals surface area contributed by atoms with Crippen LogP contribution in [0.2, 0.25) is 5.02 Å². The maximum absolute atomic E-state index is 13.0. The van der Waals surface area contributed by atoms with E-state index in [1.807, 2.05) is 0 Å². The summed E-state index contributed by atoms with van der Waals surface area (Å²) in [7, 11) is 0. The number of rotatable bonds is 3. The van der Waals surface area contributed by atoms with E-state index in [1.54, 1.807) is 0 Å². The van der Waals surface area contributed by atoms with Crippen molar-refractivity contribution < 1.29 is 14.2 Å². The van der Waals surface area contributed by atoms with E-state index >= 15 is 0 Å². The zero-order valence-corrected chi connectivity index (χ0v) is 8.68. The van der Waals surface area contributed by atoms with Gasteiger partial charge in [-0.25, -0.2) is 9.37 Å². The molecule has 0 aliphatic rings. The number of halogens is 2. The molecule has 0 aromatic carbocycles. The number of pyridine rings is 1. The van der Waals surface area contributed by atoms with Crippen molar-refractivity contribution in [1.29, 1.82) is 0 Å². The van der Waals surface area contributed by atoms with E-state index in [4.69, 9.17) is 21.4 Å². The van der Waals surface area contributed by atoms with Crippen molar-refractivity contribution in [2.75, 3.05) is 6.61 Å². The van der Waals surface area contributed by atoms with Crippen LogP contribution in [0.1, 0.15) is 13.8 Å². The van der Waals surface area contributed by atoms with Gasteiger partial charge in [-0.2, -0.15) is 0 Å². The normalized spacial score (nSPS) is 11.4. The summed E-state index contributed by atoms with van der Waals surface area (Å²) in [6, 6.07) is 1.29. The second-order valence-electron chi connectivity index (χ2n) is 3.49. The summed E-state index contributed by atoms with van der Waals surface area (Å²) in [5.74, 6) is 0.0667. The second-order valence-corrected chi connectivity index (χ2v) is 3.90. The Morgan fingerprint density at radius 2 is 2.29 bits per heavy atom. The highest BCUT2D eigenvalue weighted by Crippen LogP contribution is 2.25. The van der Waals surface area contributed by atoms with Gasteiger partial charge in [-0.3, -0.25) is 0 Å². The summed E-state index contributed by atoms with van der Waals surface area (Å²) >= 11 is 5.69. The first-order chi connectivity index (χ1) is 6.38. The molecule has 1 heterocycles. The monoisotopic (exact) mass is 219 g/mol. The largest absolute Gasteiger partial charge is 0.506 e. The van der Waals surface area contributed by atoms with Gasteiger partial charge < -0.3 is 9.84 Å². The number of nitrogens with zero attached hydrogens (tertiary/aromatic N) is 1. The summed E-state index contributed by atoms with van der Waals surface area (Å²) in [6.07, 6.45) is 1.19. The standard InChI is InChI=1S/C9H11ClFNO2/c1-9(2,11)5-14-8-7(10)3-6(13)4-12-8/h3-4,13H,5H2,1-2H3. The van der Waals surface area contributed by atoms with Gasteiger partial charge in [0.15, 0.2) is 0 Å². The quantitative estimate of drug-likeness (QED) is 0.850. The van der Waals surface area contributed by atoms with Crippen LogP contribution in [0.25, 0.3) is 0 Å². The predicted molar refractivity (Wildman–Crippen MR) is 51.6 cm³/mol. The lowest BCUT2D eigenvalue weighted by atomic mass is 10.2. The highest BCUT2D eigenvalue weighted by Gasteiger charge is 2.17. The molecule has 0 spiro atoms. The summed E-state index contributed by atoms with van der Waals surface area (Å²) in [5, 5.41) is 9.15. The molecule has 0 fully saturated rings. The van der Waals surface area contributed by atoms with Crippen molar-refractivity contribution >= 4 is 11.6 Å². The van der Waals surface area contributed by atoms with Crippen molar-refractivity contribution in [3.8, 4) is 11.6 Å². The number of ether oxygens (including phenoxy) is 1. The van der Waals surface area contributed by atoms with Crippen LogP contribution in [0.5, 0.6) is 11.6 Å². The molecule has 1 aromatic heterocycles. The Bertz CT molecular complexity index is 325. The minimum Gasteiger partial charge on any atom is -0.506 e. The minimum absolute atomic E-state index is 0.0538. The number of alkyl halides is 1. The molecular weight excluding hydrogens is 209 g/mol. The Balaban J connectivity index is 2.68. The molecule has 0 atom stereocenters. The van der Waals surface area contributed by atoms with E-state index in [0.717, 1.165) is 0 Å². The second kappa shape index (κ2) is 4.00. The average Bonchev–Trinajstić information content (AvgIpc) is 2.00. The molecule has 0 bridgehead atoms. The third kappa shape index (κ3) is 3.38. The van der Waals surface area contributed by atoms with Crippen molar-refractivity contribution in [3.63, 3.8) is 0 Å². The lowest BCUT2D eigenvalue weighted by Crippen LogP contribution is -2.23. The fourth-order valence-electron chi connectivity index (χ4n) is 0.761. The van der Waals surface area contributed by atoms with Crippen molar-refractivity contribution in [3.05, 3.63) is 17.3 Å². The van der Waals surface area contributed by atoms with Gasteiger partial charge in [-0.15, -0.1) is 0 Å². The van der Waals surface area contributed by atoms with E-state index < -0.39 is 5.67 Å². The van der Waals surface area contributed by atoms with E-state index in [9.17, 15) is 4.39 Å². The van der Waals surface area contributed by atoms with Gasteiger partial charge in [-0.1, -0.05) is 11.6 Å². The molecule has 5 heteroatoms. The van der Waals surface area contributed by atoms with E-state index in [1.165, 1.54) is 26.1 Å². The van der Waals surface area contributed by atoms with Gasteiger partial charge in [0.1, 0.15) is 23.0 Å². The van der Waals surface area contributed by atoms with Crippen LogP contribution >= 0.6 is 11.6 Å². The third-order valence-electron chi connectivity index (χ3n) is 1.35. The van der Waals surface area contributed by atoms with Crippen molar-refractivity contribution in [1.82, 2.24) is 4.98 Å². The predicted octanol–water partition coefficient (Wildman–Crippen LogP) is 2.57. The summed E-state index contributed by atoms with van der Waals surface area (Å²) in [4.78, 5) is 3.71. The molecule has 0 amide bonds. The SMILES string of the molecule is CC(C)(F)COc1ncc(O)cc1Cl. The highest BCUT2D eigenvalue weighted by molar-refractivity contribution is 6.31. The molecule has 14 heavy (non-hydrogen) atoms. The summed E-state index contributed by atoms with van der Waals surface area (Å²) in [6.45, 7) is 2.65. The van der Waals surface area contributed by atoms with Gasteiger partial charge in [0, 0.05) is 6.07 Å². The Morgan fingerprint density at radius 1 is 1.64 bits per heavy atom. The Kier molecular flexibility index (Phi) is 3.16. The van der Waals surface area contributed by atoms with Crippen LogP contribution in [0.3, 0.4) is 0 Å². The molecular formula is C9H11ClFNO2. The van der Waals surface area contributed by atoms with E-state index in [0.29, 0.717) is 0 Å². The highest BCUT2D eigenvalue weighted by atomic mass is 35.5. The molecule has 78 valence electrons. The van der Waals surface area contributed by atoms with Crippen molar-refractivity contribution in [2.24, 2.45) is 0 Å². The van der Waals surface area contributed by atoms with Crippen molar-refractivity contribution in [2.45, 2.75) is 19.5 Å². The summed E-state index contributed by atoms with van der Waals surface area (Å²) in [5.41, 5.74) is -1.44. The van der Waals surface area contributed by atoms with Crippen LogP contribution in [0.15, 0.2) is 12.3 Å². The molecule has 0 aliphatic carbocycles. The molecule has 0 saturated heterocycles. The first kappa shape index (κ1) is 11.0.